The summed E-state index contributed by atoms with van der Waals surface area (Å²) in [5.41, 5.74) is 0.492. The first kappa shape index (κ1) is 10.4. The third-order valence-electron chi connectivity index (χ3n) is 2.30. The molecule has 1 N–H and O–H groups in total. The third kappa shape index (κ3) is 2.45. The summed E-state index contributed by atoms with van der Waals surface area (Å²) < 4.78 is 0.700. The van der Waals surface area contributed by atoms with Crippen molar-refractivity contribution in [2.45, 2.75) is 12.8 Å². The number of halogens is 1. The molecule has 0 radical (unpaired) electrons. The average molecular weight is 268 g/mol. The summed E-state index contributed by atoms with van der Waals surface area (Å²) in [5, 5.41) is 2.39. The molecule has 78 valence electrons. The lowest BCUT2D eigenvalue weighted by atomic mass is 10.2. The van der Waals surface area contributed by atoms with Crippen LogP contribution in [0.15, 0.2) is 28.7 Å². The molecule has 2 amide bonds. The first-order valence-electron chi connectivity index (χ1n) is 4.78. The number of benzene rings is 1. The van der Waals surface area contributed by atoms with Gasteiger partial charge in [0.1, 0.15) is 0 Å². The first-order chi connectivity index (χ1) is 7.18. The number of carbonyl (C=O) groups is 2. The number of rotatable bonds is 2. The standard InChI is InChI=1S/C11H10BrNO2/c12-9-4-2-1-3-8(9)11(15)13-10(14)7-5-6-7/h1-4,7H,5-6H2,(H,13,14,15). The van der Waals surface area contributed by atoms with Gasteiger partial charge in [-0.05, 0) is 40.9 Å². The second kappa shape index (κ2) is 4.14. The fourth-order valence-electron chi connectivity index (χ4n) is 1.27. The Labute approximate surface area is 96.0 Å². The van der Waals surface area contributed by atoms with E-state index in [9.17, 15) is 9.59 Å². The largest absolute Gasteiger partial charge is 0.292 e. The summed E-state index contributed by atoms with van der Waals surface area (Å²) in [6.45, 7) is 0. The van der Waals surface area contributed by atoms with Crippen molar-refractivity contribution in [2.75, 3.05) is 0 Å². The van der Waals surface area contributed by atoms with Gasteiger partial charge in [-0.1, -0.05) is 12.1 Å². The monoisotopic (exact) mass is 267 g/mol. The Morgan fingerprint density at radius 2 is 1.93 bits per heavy atom. The average Bonchev–Trinajstić information content (AvgIpc) is 3.01. The quantitative estimate of drug-likeness (QED) is 0.835. The van der Waals surface area contributed by atoms with E-state index in [0.29, 0.717) is 10.0 Å². The zero-order valence-corrected chi connectivity index (χ0v) is 9.58. The SMILES string of the molecule is O=C(NC(=O)C1CC1)c1ccccc1Br. The molecule has 3 nitrogen and oxygen atoms in total. The highest BCUT2D eigenvalue weighted by Gasteiger charge is 2.31. The number of nitrogens with one attached hydrogen (secondary N) is 1. The van der Waals surface area contributed by atoms with Crippen molar-refractivity contribution >= 4 is 27.7 Å². The maximum absolute atomic E-state index is 11.6. The van der Waals surface area contributed by atoms with E-state index in [1.807, 2.05) is 6.07 Å². The Morgan fingerprint density at radius 3 is 2.53 bits per heavy atom. The number of amides is 2. The molecular weight excluding hydrogens is 258 g/mol. The first-order valence-corrected chi connectivity index (χ1v) is 5.57. The van der Waals surface area contributed by atoms with Gasteiger partial charge in [-0.25, -0.2) is 0 Å². The third-order valence-corrected chi connectivity index (χ3v) is 2.99. The molecule has 1 aromatic rings. The Hall–Kier alpha value is -1.16. The molecule has 0 saturated heterocycles. The molecule has 0 aromatic heterocycles. The van der Waals surface area contributed by atoms with E-state index in [1.54, 1.807) is 18.2 Å². The van der Waals surface area contributed by atoms with Gasteiger partial charge in [0.2, 0.25) is 5.91 Å². The van der Waals surface area contributed by atoms with Crippen LogP contribution < -0.4 is 5.32 Å². The van der Waals surface area contributed by atoms with Gasteiger partial charge in [-0.2, -0.15) is 0 Å². The highest BCUT2D eigenvalue weighted by Crippen LogP contribution is 2.29. The van der Waals surface area contributed by atoms with Crippen molar-refractivity contribution in [2.24, 2.45) is 5.92 Å². The van der Waals surface area contributed by atoms with Crippen molar-refractivity contribution in [3.05, 3.63) is 34.3 Å². The van der Waals surface area contributed by atoms with E-state index >= 15 is 0 Å². The summed E-state index contributed by atoms with van der Waals surface area (Å²) in [5.74, 6) is -0.438. The van der Waals surface area contributed by atoms with Crippen LogP contribution in [-0.2, 0) is 4.79 Å². The topological polar surface area (TPSA) is 46.2 Å². The molecule has 1 aromatic carbocycles. The van der Waals surface area contributed by atoms with Gasteiger partial charge in [0.05, 0.1) is 5.56 Å². The predicted molar refractivity (Wildman–Crippen MR) is 59.3 cm³/mol. The van der Waals surface area contributed by atoms with Crippen LogP contribution in [0.2, 0.25) is 0 Å². The van der Waals surface area contributed by atoms with Crippen LogP contribution in [-0.4, -0.2) is 11.8 Å². The zero-order valence-electron chi connectivity index (χ0n) is 8.00. The molecule has 1 aliphatic rings. The lowest BCUT2D eigenvalue weighted by Gasteiger charge is -2.04. The van der Waals surface area contributed by atoms with Crippen molar-refractivity contribution in [1.82, 2.24) is 5.32 Å². The van der Waals surface area contributed by atoms with Gasteiger partial charge in [0.25, 0.3) is 5.91 Å². The molecule has 0 spiro atoms. The van der Waals surface area contributed by atoms with Gasteiger partial charge in [0.15, 0.2) is 0 Å². The Morgan fingerprint density at radius 1 is 1.27 bits per heavy atom. The summed E-state index contributed by atoms with van der Waals surface area (Å²) >= 11 is 3.27. The molecule has 2 rings (SSSR count). The molecule has 0 bridgehead atoms. The van der Waals surface area contributed by atoms with Crippen LogP contribution in [0.3, 0.4) is 0 Å². The minimum Gasteiger partial charge on any atom is -0.292 e. The summed E-state index contributed by atoms with van der Waals surface area (Å²) in [6.07, 6.45) is 1.80. The second-order valence-electron chi connectivity index (χ2n) is 3.57. The van der Waals surface area contributed by atoms with Gasteiger partial charge < -0.3 is 0 Å². The number of carbonyl (C=O) groups excluding carboxylic acids is 2. The summed E-state index contributed by atoms with van der Waals surface area (Å²) in [4.78, 5) is 23.0. The number of hydrogen-bond donors (Lipinski definition) is 1. The van der Waals surface area contributed by atoms with E-state index in [-0.39, 0.29) is 17.7 Å². The van der Waals surface area contributed by atoms with Crippen LogP contribution >= 0.6 is 15.9 Å². The van der Waals surface area contributed by atoms with Gasteiger partial charge in [0, 0.05) is 10.4 Å². The second-order valence-corrected chi connectivity index (χ2v) is 4.43. The Kier molecular flexibility index (Phi) is 2.86. The highest BCUT2D eigenvalue weighted by atomic mass is 79.9. The smallest absolute Gasteiger partial charge is 0.258 e. The normalized spacial score (nSPS) is 14.7. The van der Waals surface area contributed by atoms with E-state index < -0.39 is 0 Å². The van der Waals surface area contributed by atoms with Crippen LogP contribution in [0, 0.1) is 5.92 Å². The number of hydrogen-bond acceptors (Lipinski definition) is 2. The van der Waals surface area contributed by atoms with Crippen LogP contribution in [0.5, 0.6) is 0 Å². The summed E-state index contributed by atoms with van der Waals surface area (Å²) in [6, 6.07) is 7.04. The molecule has 1 saturated carbocycles. The van der Waals surface area contributed by atoms with Crippen LogP contribution in [0.25, 0.3) is 0 Å². The van der Waals surface area contributed by atoms with E-state index in [0.717, 1.165) is 12.8 Å². The van der Waals surface area contributed by atoms with Crippen LogP contribution in [0.1, 0.15) is 23.2 Å². The van der Waals surface area contributed by atoms with E-state index in [1.165, 1.54) is 0 Å². The minimum atomic E-state index is -0.334. The Balaban J connectivity index is 2.07. The van der Waals surface area contributed by atoms with Crippen molar-refractivity contribution < 1.29 is 9.59 Å². The maximum atomic E-state index is 11.6. The lowest BCUT2D eigenvalue weighted by molar-refractivity contribution is -0.121. The van der Waals surface area contributed by atoms with E-state index in [2.05, 4.69) is 21.2 Å². The molecule has 0 heterocycles. The molecular formula is C11H10BrNO2. The highest BCUT2D eigenvalue weighted by molar-refractivity contribution is 9.10. The molecule has 0 atom stereocenters. The maximum Gasteiger partial charge on any atom is 0.258 e. The molecule has 0 aliphatic heterocycles. The fraction of sp³-hybridized carbons (Fsp3) is 0.273. The molecule has 4 heteroatoms. The van der Waals surface area contributed by atoms with Gasteiger partial charge in [-0.15, -0.1) is 0 Å². The molecule has 1 fully saturated rings. The molecule has 0 unspecified atom stereocenters. The number of imide groups is 1. The minimum absolute atomic E-state index is 0.0523. The van der Waals surface area contributed by atoms with E-state index in [4.69, 9.17) is 0 Å². The fourth-order valence-corrected chi connectivity index (χ4v) is 1.74. The van der Waals surface area contributed by atoms with Crippen LogP contribution in [0.4, 0.5) is 0 Å². The predicted octanol–water partition coefficient (Wildman–Crippen LogP) is 2.12. The lowest BCUT2D eigenvalue weighted by Crippen LogP contribution is -2.31. The Bertz CT molecular complexity index is 413. The van der Waals surface area contributed by atoms with Gasteiger partial charge >= 0.3 is 0 Å². The summed E-state index contributed by atoms with van der Waals surface area (Å²) in [7, 11) is 0. The van der Waals surface area contributed by atoms with Crippen molar-refractivity contribution in [1.29, 1.82) is 0 Å². The zero-order chi connectivity index (χ0) is 10.8. The molecule has 15 heavy (non-hydrogen) atoms. The molecule has 1 aliphatic carbocycles. The van der Waals surface area contributed by atoms with Crippen molar-refractivity contribution in [3.63, 3.8) is 0 Å². The van der Waals surface area contributed by atoms with Gasteiger partial charge in [-0.3, -0.25) is 14.9 Å². The van der Waals surface area contributed by atoms with Crippen molar-refractivity contribution in [3.8, 4) is 0 Å².